The Hall–Kier alpha value is -1.03. The standard InChI is InChI=1S/C12H18N4O2S3/c1-8(2)11-15-16-12(20-11)13-6-7-14-21(17,18)10-5-4-9(3)19-10/h4-5,8,14H,6-7H2,1-3H3,(H,13,16). The van der Waals surface area contributed by atoms with Crippen molar-refractivity contribution in [1.82, 2.24) is 14.9 Å². The molecule has 0 atom stereocenters. The molecule has 0 saturated heterocycles. The molecule has 0 aliphatic heterocycles. The van der Waals surface area contributed by atoms with E-state index in [4.69, 9.17) is 0 Å². The van der Waals surface area contributed by atoms with Crippen LogP contribution in [0.1, 0.15) is 29.7 Å². The Balaban J connectivity index is 1.81. The lowest BCUT2D eigenvalue weighted by molar-refractivity contribution is 0.585. The minimum atomic E-state index is -3.41. The minimum absolute atomic E-state index is 0.301. The lowest BCUT2D eigenvalue weighted by Gasteiger charge is -2.05. The van der Waals surface area contributed by atoms with Gasteiger partial charge in [0.25, 0.3) is 0 Å². The molecule has 6 nitrogen and oxygen atoms in total. The molecular formula is C12H18N4O2S3. The number of hydrogen-bond donors (Lipinski definition) is 2. The predicted octanol–water partition coefficient (Wildman–Crippen LogP) is 2.42. The van der Waals surface area contributed by atoms with E-state index in [2.05, 4.69) is 34.1 Å². The number of aryl methyl sites for hydroxylation is 1. The molecule has 2 N–H and O–H groups in total. The van der Waals surface area contributed by atoms with E-state index >= 15 is 0 Å². The molecule has 2 rings (SSSR count). The second-order valence-corrected chi connectivity index (χ2v) is 9.08. The van der Waals surface area contributed by atoms with Gasteiger partial charge in [0.1, 0.15) is 9.22 Å². The number of aromatic nitrogens is 2. The Bertz CT molecular complexity index is 691. The molecule has 0 radical (unpaired) electrons. The molecule has 0 fully saturated rings. The zero-order valence-corrected chi connectivity index (χ0v) is 14.5. The first kappa shape index (κ1) is 16.3. The monoisotopic (exact) mass is 346 g/mol. The summed E-state index contributed by atoms with van der Waals surface area (Å²) in [7, 11) is -3.41. The van der Waals surface area contributed by atoms with Crippen molar-refractivity contribution in [3.05, 3.63) is 22.0 Å². The van der Waals surface area contributed by atoms with Gasteiger partial charge in [0.2, 0.25) is 15.2 Å². The van der Waals surface area contributed by atoms with Gasteiger partial charge in [-0.15, -0.1) is 21.5 Å². The molecule has 0 amide bonds. The average molecular weight is 347 g/mol. The van der Waals surface area contributed by atoms with E-state index in [0.717, 1.165) is 9.88 Å². The van der Waals surface area contributed by atoms with Gasteiger partial charge in [-0.2, -0.15) is 0 Å². The maximum atomic E-state index is 12.0. The Morgan fingerprint density at radius 3 is 2.52 bits per heavy atom. The van der Waals surface area contributed by atoms with Gasteiger partial charge in [0, 0.05) is 23.9 Å². The Morgan fingerprint density at radius 1 is 1.19 bits per heavy atom. The summed E-state index contributed by atoms with van der Waals surface area (Å²) in [6.07, 6.45) is 0. The molecule has 9 heteroatoms. The van der Waals surface area contributed by atoms with Gasteiger partial charge < -0.3 is 5.32 Å². The van der Waals surface area contributed by atoms with Crippen LogP contribution in [0.2, 0.25) is 0 Å². The first-order chi connectivity index (χ1) is 9.88. The minimum Gasteiger partial charge on any atom is -0.359 e. The summed E-state index contributed by atoms with van der Waals surface area (Å²) in [5, 5.41) is 12.8. The summed E-state index contributed by atoms with van der Waals surface area (Å²) in [6.45, 7) is 6.77. The third-order valence-electron chi connectivity index (χ3n) is 2.61. The first-order valence-corrected chi connectivity index (χ1v) is 9.63. The molecule has 2 heterocycles. The van der Waals surface area contributed by atoms with E-state index in [-0.39, 0.29) is 0 Å². The van der Waals surface area contributed by atoms with Crippen molar-refractivity contribution in [2.24, 2.45) is 0 Å². The second kappa shape index (κ2) is 6.82. The highest BCUT2D eigenvalue weighted by Gasteiger charge is 2.15. The van der Waals surface area contributed by atoms with Crippen LogP contribution in [0.5, 0.6) is 0 Å². The number of hydrogen-bond acceptors (Lipinski definition) is 7. The first-order valence-electron chi connectivity index (χ1n) is 6.52. The van der Waals surface area contributed by atoms with Gasteiger partial charge in [-0.05, 0) is 19.1 Å². The van der Waals surface area contributed by atoms with Crippen LogP contribution in [-0.4, -0.2) is 31.7 Å². The second-order valence-electron chi connectivity index (χ2n) is 4.79. The van der Waals surface area contributed by atoms with Crippen LogP contribution < -0.4 is 10.0 Å². The zero-order chi connectivity index (χ0) is 15.5. The van der Waals surface area contributed by atoms with Crippen molar-refractivity contribution in [3.63, 3.8) is 0 Å². The summed E-state index contributed by atoms with van der Waals surface area (Å²) >= 11 is 2.75. The highest BCUT2D eigenvalue weighted by Crippen LogP contribution is 2.22. The average Bonchev–Trinajstić information content (AvgIpc) is 3.04. The van der Waals surface area contributed by atoms with Gasteiger partial charge in [-0.1, -0.05) is 25.2 Å². The third-order valence-corrected chi connectivity index (χ3v) is 6.74. The van der Waals surface area contributed by atoms with Crippen LogP contribution >= 0.6 is 22.7 Å². The molecule has 0 unspecified atom stereocenters. The lowest BCUT2D eigenvalue weighted by Crippen LogP contribution is -2.28. The summed E-state index contributed by atoms with van der Waals surface area (Å²) < 4.78 is 26.9. The SMILES string of the molecule is Cc1ccc(S(=O)(=O)NCCNc2nnc(C(C)C)s2)s1. The molecule has 0 bridgehead atoms. The largest absolute Gasteiger partial charge is 0.359 e. The number of sulfonamides is 1. The van der Waals surface area contributed by atoms with Gasteiger partial charge in [-0.25, -0.2) is 13.1 Å². The molecule has 2 aromatic rings. The highest BCUT2D eigenvalue weighted by molar-refractivity contribution is 7.91. The van der Waals surface area contributed by atoms with E-state index in [1.165, 1.54) is 22.7 Å². The summed E-state index contributed by atoms with van der Waals surface area (Å²) in [5.74, 6) is 0.346. The van der Waals surface area contributed by atoms with E-state index < -0.39 is 10.0 Å². The van der Waals surface area contributed by atoms with Gasteiger partial charge in [-0.3, -0.25) is 0 Å². The molecule has 21 heavy (non-hydrogen) atoms. The maximum absolute atomic E-state index is 12.0. The van der Waals surface area contributed by atoms with E-state index in [1.54, 1.807) is 12.1 Å². The Morgan fingerprint density at radius 2 is 1.95 bits per heavy atom. The van der Waals surface area contributed by atoms with Crippen molar-refractivity contribution in [1.29, 1.82) is 0 Å². The number of nitrogens with zero attached hydrogens (tertiary/aromatic N) is 2. The van der Waals surface area contributed by atoms with E-state index in [9.17, 15) is 8.42 Å². The van der Waals surface area contributed by atoms with Crippen molar-refractivity contribution in [2.45, 2.75) is 30.9 Å². The Labute approximate surface area is 132 Å². The zero-order valence-electron chi connectivity index (χ0n) is 12.1. The van der Waals surface area contributed by atoms with Gasteiger partial charge in [0.15, 0.2) is 0 Å². The molecule has 0 aliphatic rings. The van der Waals surface area contributed by atoms with E-state index in [0.29, 0.717) is 28.3 Å². The quantitative estimate of drug-likeness (QED) is 0.752. The van der Waals surface area contributed by atoms with Crippen LogP contribution in [0.4, 0.5) is 5.13 Å². The Kier molecular flexibility index (Phi) is 5.31. The summed E-state index contributed by atoms with van der Waals surface area (Å²) in [4.78, 5) is 0.976. The van der Waals surface area contributed by atoms with Gasteiger partial charge in [0.05, 0.1) is 0 Å². The van der Waals surface area contributed by atoms with Crippen LogP contribution in [0, 0.1) is 6.92 Å². The molecule has 0 aliphatic carbocycles. The normalized spacial score (nSPS) is 12.0. The summed E-state index contributed by atoms with van der Waals surface area (Å²) in [5.41, 5.74) is 0. The number of nitrogens with one attached hydrogen (secondary N) is 2. The highest BCUT2D eigenvalue weighted by atomic mass is 32.2. The predicted molar refractivity (Wildman–Crippen MR) is 86.7 cm³/mol. The van der Waals surface area contributed by atoms with Crippen LogP contribution in [0.15, 0.2) is 16.3 Å². The number of rotatable bonds is 7. The topological polar surface area (TPSA) is 84.0 Å². The van der Waals surface area contributed by atoms with Crippen LogP contribution in [0.25, 0.3) is 0 Å². The van der Waals surface area contributed by atoms with Gasteiger partial charge >= 0.3 is 0 Å². The number of thiophene rings is 1. The number of anilines is 1. The molecule has 0 saturated carbocycles. The fraction of sp³-hybridized carbons (Fsp3) is 0.500. The molecule has 0 spiro atoms. The molecule has 2 aromatic heterocycles. The third kappa shape index (κ3) is 4.47. The molecule has 0 aromatic carbocycles. The molecular weight excluding hydrogens is 328 g/mol. The van der Waals surface area contributed by atoms with Crippen molar-refractivity contribution >= 4 is 37.8 Å². The fourth-order valence-corrected chi connectivity index (χ4v) is 4.65. The summed E-state index contributed by atoms with van der Waals surface area (Å²) in [6, 6.07) is 3.42. The van der Waals surface area contributed by atoms with Crippen molar-refractivity contribution in [3.8, 4) is 0 Å². The van der Waals surface area contributed by atoms with E-state index in [1.807, 2.05) is 6.92 Å². The maximum Gasteiger partial charge on any atom is 0.250 e. The fourth-order valence-electron chi connectivity index (χ4n) is 1.52. The smallest absolute Gasteiger partial charge is 0.250 e. The van der Waals surface area contributed by atoms with Crippen molar-refractivity contribution < 1.29 is 8.42 Å². The van der Waals surface area contributed by atoms with Crippen molar-refractivity contribution in [2.75, 3.05) is 18.4 Å². The van der Waals surface area contributed by atoms with Crippen LogP contribution in [0.3, 0.4) is 0 Å². The van der Waals surface area contributed by atoms with Crippen LogP contribution in [-0.2, 0) is 10.0 Å². The molecule has 116 valence electrons. The lowest BCUT2D eigenvalue weighted by atomic mass is 10.2.